The molecule has 2 N–H and O–H groups in total. The van der Waals surface area contributed by atoms with Crippen LogP contribution in [-0.2, 0) is 16.4 Å². The minimum absolute atomic E-state index is 0.0776. The lowest BCUT2D eigenvalue weighted by Gasteiger charge is -2.16. The highest BCUT2D eigenvalue weighted by molar-refractivity contribution is 9.11. The molecule has 2 aromatic rings. The van der Waals surface area contributed by atoms with Gasteiger partial charge in [0.05, 0.1) is 14.2 Å². The van der Waals surface area contributed by atoms with Crippen LogP contribution >= 0.6 is 27.3 Å². The number of carbonyl (C=O) groups excluding carboxylic acids is 1. The number of hydrogen-bond acceptors (Lipinski definition) is 4. The third-order valence-electron chi connectivity index (χ3n) is 3.33. The first-order valence-corrected chi connectivity index (χ1v) is 9.30. The molecule has 21 heavy (non-hydrogen) atoms. The summed E-state index contributed by atoms with van der Waals surface area (Å²) in [5.41, 5.74) is 2.19. The van der Waals surface area contributed by atoms with Gasteiger partial charge in [0.15, 0.2) is 0 Å². The van der Waals surface area contributed by atoms with E-state index in [2.05, 4.69) is 15.9 Å². The SMILES string of the molecule is NS(=O)(=O)c1ccc2c(c1)CCN2C(=O)c1csc(Br)c1. The summed E-state index contributed by atoms with van der Waals surface area (Å²) in [5, 5.41) is 6.92. The Morgan fingerprint density at radius 2 is 2.10 bits per heavy atom. The Morgan fingerprint density at radius 1 is 1.33 bits per heavy atom. The molecule has 0 spiro atoms. The van der Waals surface area contributed by atoms with Crippen LogP contribution in [0.4, 0.5) is 5.69 Å². The van der Waals surface area contributed by atoms with Gasteiger partial charge >= 0.3 is 0 Å². The van der Waals surface area contributed by atoms with E-state index in [4.69, 9.17) is 5.14 Å². The van der Waals surface area contributed by atoms with Crippen molar-refractivity contribution in [2.24, 2.45) is 5.14 Å². The molecule has 0 atom stereocenters. The fourth-order valence-electron chi connectivity index (χ4n) is 2.34. The van der Waals surface area contributed by atoms with Crippen LogP contribution < -0.4 is 10.0 Å². The lowest BCUT2D eigenvalue weighted by molar-refractivity contribution is 0.0990. The first-order chi connectivity index (χ1) is 9.86. The molecular formula is C13H11BrN2O3S2. The number of nitrogens with two attached hydrogens (primary N) is 1. The van der Waals surface area contributed by atoms with Crippen molar-refractivity contribution in [2.75, 3.05) is 11.4 Å². The van der Waals surface area contributed by atoms with Crippen LogP contribution in [-0.4, -0.2) is 20.9 Å². The van der Waals surface area contributed by atoms with Crippen LogP contribution in [0.1, 0.15) is 15.9 Å². The number of anilines is 1. The smallest absolute Gasteiger partial charge is 0.259 e. The van der Waals surface area contributed by atoms with E-state index in [0.717, 1.165) is 15.0 Å². The Morgan fingerprint density at radius 3 is 2.71 bits per heavy atom. The molecule has 110 valence electrons. The second-order valence-corrected chi connectivity index (χ2v) is 8.53. The molecule has 0 fully saturated rings. The predicted octanol–water partition coefficient (Wildman–Crippen LogP) is 2.36. The number of halogens is 1. The molecule has 8 heteroatoms. The van der Waals surface area contributed by atoms with Gasteiger partial charge in [0.25, 0.3) is 5.91 Å². The Hall–Kier alpha value is -1.22. The van der Waals surface area contributed by atoms with E-state index >= 15 is 0 Å². The van der Waals surface area contributed by atoms with Crippen molar-refractivity contribution < 1.29 is 13.2 Å². The number of nitrogens with zero attached hydrogens (tertiary/aromatic N) is 1. The van der Waals surface area contributed by atoms with Crippen molar-refractivity contribution in [2.45, 2.75) is 11.3 Å². The zero-order chi connectivity index (χ0) is 15.2. The minimum Gasteiger partial charge on any atom is -0.308 e. The van der Waals surface area contributed by atoms with E-state index in [1.807, 2.05) is 0 Å². The molecule has 1 amide bonds. The molecular weight excluding hydrogens is 376 g/mol. The number of fused-ring (bicyclic) bond motifs is 1. The highest BCUT2D eigenvalue weighted by atomic mass is 79.9. The summed E-state index contributed by atoms with van der Waals surface area (Å²) in [4.78, 5) is 14.2. The van der Waals surface area contributed by atoms with Crippen LogP contribution in [0.15, 0.2) is 38.3 Å². The van der Waals surface area contributed by atoms with Crippen LogP contribution in [0.2, 0.25) is 0 Å². The molecule has 0 aliphatic carbocycles. The van der Waals surface area contributed by atoms with Gasteiger partial charge in [-0.3, -0.25) is 4.79 Å². The van der Waals surface area contributed by atoms with Gasteiger partial charge < -0.3 is 4.90 Å². The molecule has 0 radical (unpaired) electrons. The molecule has 5 nitrogen and oxygen atoms in total. The monoisotopic (exact) mass is 386 g/mol. The van der Waals surface area contributed by atoms with Gasteiger partial charge in [0, 0.05) is 17.6 Å². The lowest BCUT2D eigenvalue weighted by atomic mass is 10.2. The maximum absolute atomic E-state index is 12.5. The average Bonchev–Trinajstić information content (AvgIpc) is 3.02. The highest BCUT2D eigenvalue weighted by Gasteiger charge is 2.27. The number of carbonyl (C=O) groups is 1. The number of hydrogen-bond donors (Lipinski definition) is 1. The maximum atomic E-state index is 12.5. The summed E-state index contributed by atoms with van der Waals surface area (Å²) >= 11 is 4.79. The Balaban J connectivity index is 1.96. The van der Waals surface area contributed by atoms with Crippen molar-refractivity contribution in [1.29, 1.82) is 0 Å². The predicted molar refractivity (Wildman–Crippen MR) is 85.2 cm³/mol. The van der Waals surface area contributed by atoms with Crippen LogP contribution in [0.3, 0.4) is 0 Å². The minimum atomic E-state index is -3.72. The first kappa shape index (κ1) is 14.7. The molecule has 1 aromatic heterocycles. The van der Waals surface area contributed by atoms with E-state index in [-0.39, 0.29) is 10.8 Å². The van der Waals surface area contributed by atoms with Crippen LogP contribution in [0, 0.1) is 0 Å². The maximum Gasteiger partial charge on any atom is 0.259 e. The van der Waals surface area contributed by atoms with Crippen LogP contribution in [0.5, 0.6) is 0 Å². The summed E-state index contributed by atoms with van der Waals surface area (Å²) in [6, 6.07) is 6.40. The zero-order valence-electron chi connectivity index (χ0n) is 10.7. The van der Waals surface area contributed by atoms with Crippen molar-refractivity contribution >= 4 is 48.9 Å². The summed E-state index contributed by atoms with van der Waals surface area (Å²) < 4.78 is 23.6. The average molecular weight is 387 g/mol. The number of benzene rings is 1. The van der Waals surface area contributed by atoms with Gasteiger partial charge in [0.2, 0.25) is 10.0 Å². The Kier molecular flexibility index (Phi) is 3.64. The number of thiophene rings is 1. The fraction of sp³-hybridized carbons (Fsp3) is 0.154. The quantitative estimate of drug-likeness (QED) is 0.859. The van der Waals surface area contributed by atoms with Crippen molar-refractivity contribution in [3.05, 3.63) is 44.6 Å². The summed E-state index contributed by atoms with van der Waals surface area (Å²) in [5.74, 6) is -0.0842. The molecule has 0 saturated carbocycles. The topological polar surface area (TPSA) is 80.5 Å². The molecule has 0 unspecified atom stereocenters. The third-order valence-corrected chi connectivity index (χ3v) is 5.75. The Labute approximate surface area is 134 Å². The fourth-order valence-corrected chi connectivity index (χ4v) is 4.04. The molecule has 0 saturated heterocycles. The third kappa shape index (κ3) is 2.76. The van der Waals surface area contributed by atoms with E-state index < -0.39 is 10.0 Å². The van der Waals surface area contributed by atoms with Gasteiger partial charge in [-0.1, -0.05) is 0 Å². The van der Waals surface area contributed by atoms with Crippen molar-refractivity contribution in [3.8, 4) is 0 Å². The van der Waals surface area contributed by atoms with E-state index in [1.165, 1.54) is 17.4 Å². The lowest BCUT2D eigenvalue weighted by Crippen LogP contribution is -2.28. The van der Waals surface area contributed by atoms with Crippen molar-refractivity contribution in [3.63, 3.8) is 0 Å². The highest BCUT2D eigenvalue weighted by Crippen LogP contribution is 2.32. The van der Waals surface area contributed by atoms with Gasteiger partial charge in [-0.2, -0.15) is 0 Å². The molecule has 1 aliphatic heterocycles. The first-order valence-electron chi connectivity index (χ1n) is 6.08. The molecule has 0 bridgehead atoms. The summed E-state index contributed by atoms with van der Waals surface area (Å²) in [7, 11) is -3.72. The molecule has 1 aliphatic rings. The Bertz CT molecular complexity index is 830. The second kappa shape index (κ2) is 5.20. The second-order valence-electron chi connectivity index (χ2n) is 4.68. The zero-order valence-corrected chi connectivity index (χ0v) is 14.0. The summed E-state index contributed by atoms with van der Waals surface area (Å²) in [6.45, 7) is 0.537. The van der Waals surface area contributed by atoms with Crippen LogP contribution in [0.25, 0.3) is 0 Å². The number of primary sulfonamides is 1. The number of rotatable bonds is 2. The number of sulfonamides is 1. The van der Waals surface area contributed by atoms with E-state index in [0.29, 0.717) is 18.5 Å². The van der Waals surface area contributed by atoms with Gasteiger partial charge in [-0.25, -0.2) is 13.6 Å². The van der Waals surface area contributed by atoms with Crippen molar-refractivity contribution in [1.82, 2.24) is 0 Å². The normalized spacial score (nSPS) is 14.3. The van der Waals surface area contributed by atoms with E-state index in [9.17, 15) is 13.2 Å². The molecule has 3 rings (SSSR count). The van der Waals surface area contributed by atoms with Gasteiger partial charge in [-0.05, 0) is 52.2 Å². The molecule has 1 aromatic carbocycles. The van der Waals surface area contributed by atoms with Gasteiger partial charge in [0.1, 0.15) is 0 Å². The largest absolute Gasteiger partial charge is 0.308 e. The molecule has 2 heterocycles. The summed E-state index contributed by atoms with van der Waals surface area (Å²) in [6.07, 6.45) is 0.621. The standard InChI is InChI=1S/C13H11BrN2O3S2/c14-12-6-9(7-20-12)13(17)16-4-3-8-5-10(21(15,18)19)1-2-11(8)16/h1-2,5-7H,3-4H2,(H2,15,18,19). The van der Waals surface area contributed by atoms with E-state index in [1.54, 1.807) is 28.5 Å². The number of amides is 1. The van der Waals surface area contributed by atoms with Gasteiger partial charge in [-0.15, -0.1) is 11.3 Å².